The number of rotatable bonds is 1. The molecule has 1 N–H and O–H groups in total. The van der Waals surface area contributed by atoms with Gasteiger partial charge in [-0.15, -0.1) is 4.91 Å². The molecule has 0 aliphatic carbocycles. The summed E-state index contributed by atoms with van der Waals surface area (Å²) in [5.41, 5.74) is 0.177. The Bertz CT molecular complexity index is 562. The van der Waals surface area contributed by atoms with E-state index in [0.717, 1.165) is 8.96 Å². The molecule has 0 unspecified atom stereocenters. The summed E-state index contributed by atoms with van der Waals surface area (Å²) in [4.78, 5) is 24.1. The van der Waals surface area contributed by atoms with Gasteiger partial charge in [-0.25, -0.2) is 0 Å². The highest BCUT2D eigenvalue weighted by Crippen LogP contribution is 2.17. The monoisotopic (exact) mass is 300 g/mol. The average molecular weight is 300 g/mol. The minimum atomic E-state index is -0.450. The van der Waals surface area contributed by atoms with Crippen molar-refractivity contribution in [3.8, 4) is 0 Å². The van der Waals surface area contributed by atoms with Gasteiger partial charge in [-0.2, -0.15) is 0 Å². The van der Waals surface area contributed by atoms with Crippen LogP contribution in [0.5, 0.6) is 0 Å². The lowest BCUT2D eigenvalue weighted by molar-refractivity contribution is 1.27. The highest BCUT2D eigenvalue weighted by Gasteiger charge is 2.02. The minimum Gasteiger partial charge on any atom is -0.320 e. The molecule has 1 aromatic carbocycles. The van der Waals surface area contributed by atoms with E-state index in [1.807, 2.05) is 12.1 Å². The van der Waals surface area contributed by atoms with Crippen LogP contribution >= 0.6 is 22.6 Å². The molecular weight excluding hydrogens is 295 g/mol. The predicted octanol–water partition coefficient (Wildman–Crippen LogP) is 2.53. The van der Waals surface area contributed by atoms with Gasteiger partial charge in [-0.05, 0) is 52.0 Å². The zero-order valence-electron chi connectivity index (χ0n) is 6.95. The van der Waals surface area contributed by atoms with Crippen LogP contribution in [0.3, 0.4) is 0 Å². The van der Waals surface area contributed by atoms with Crippen molar-refractivity contribution < 1.29 is 0 Å². The normalized spacial score (nSPS) is 10.4. The molecule has 4 nitrogen and oxygen atoms in total. The number of nitrogens with one attached hydrogen (secondary N) is 1. The van der Waals surface area contributed by atoms with Crippen molar-refractivity contribution in [3.05, 3.63) is 43.1 Å². The number of aromatic nitrogens is 1. The quantitative estimate of drug-likeness (QED) is 0.650. The van der Waals surface area contributed by atoms with E-state index in [1.54, 1.807) is 6.07 Å². The fourth-order valence-electron chi connectivity index (χ4n) is 1.23. The van der Waals surface area contributed by atoms with Gasteiger partial charge in [0.25, 0.3) is 5.56 Å². The van der Waals surface area contributed by atoms with Crippen LogP contribution in [-0.2, 0) is 0 Å². The van der Waals surface area contributed by atoms with Gasteiger partial charge in [0.2, 0.25) is 0 Å². The summed E-state index contributed by atoms with van der Waals surface area (Å²) in [7, 11) is 0. The number of fused-ring (bicyclic) bond motifs is 1. The predicted molar refractivity (Wildman–Crippen MR) is 62.7 cm³/mol. The maximum absolute atomic E-state index is 11.2. The van der Waals surface area contributed by atoms with Gasteiger partial charge in [0.1, 0.15) is 0 Å². The molecule has 0 radical (unpaired) electrons. The second-order valence-electron chi connectivity index (χ2n) is 2.81. The van der Waals surface area contributed by atoms with Crippen LogP contribution in [0.2, 0.25) is 0 Å². The summed E-state index contributed by atoms with van der Waals surface area (Å²) in [6.07, 6.45) is 0. The first-order chi connectivity index (χ1) is 6.70. The molecule has 0 aliphatic heterocycles. The summed E-state index contributed by atoms with van der Waals surface area (Å²) in [5.74, 6) is 0. The molecule has 0 saturated carbocycles. The Hall–Kier alpha value is -1.24. The minimum absolute atomic E-state index is 0.0838. The molecule has 5 heteroatoms. The summed E-state index contributed by atoms with van der Waals surface area (Å²) in [5, 5.41) is 3.46. The van der Waals surface area contributed by atoms with E-state index in [4.69, 9.17) is 0 Å². The topological polar surface area (TPSA) is 62.3 Å². The molecule has 0 spiro atoms. The van der Waals surface area contributed by atoms with Crippen LogP contribution in [0.15, 0.2) is 34.2 Å². The molecule has 0 amide bonds. The van der Waals surface area contributed by atoms with Crippen LogP contribution < -0.4 is 5.56 Å². The van der Waals surface area contributed by atoms with Crippen molar-refractivity contribution in [1.29, 1.82) is 0 Å². The molecular formula is C9H5IN2O2. The molecule has 2 aromatic rings. The van der Waals surface area contributed by atoms with E-state index in [2.05, 4.69) is 32.8 Å². The average Bonchev–Trinajstić information content (AvgIpc) is 2.17. The number of hydrogen-bond acceptors (Lipinski definition) is 3. The van der Waals surface area contributed by atoms with Gasteiger partial charge >= 0.3 is 0 Å². The maximum Gasteiger partial charge on any atom is 0.277 e. The zero-order valence-corrected chi connectivity index (χ0v) is 9.11. The number of nitroso groups, excluding NO2 is 1. The van der Waals surface area contributed by atoms with Crippen LogP contribution in [0, 0.1) is 8.48 Å². The lowest BCUT2D eigenvalue weighted by Crippen LogP contribution is -2.04. The lowest BCUT2D eigenvalue weighted by Gasteiger charge is -1.98. The summed E-state index contributed by atoms with van der Waals surface area (Å²) in [6.45, 7) is 0. The first kappa shape index (κ1) is 9.32. The van der Waals surface area contributed by atoms with Crippen LogP contribution in [0.1, 0.15) is 0 Å². The van der Waals surface area contributed by atoms with E-state index in [-0.39, 0.29) is 5.69 Å². The fourth-order valence-corrected chi connectivity index (χ4v) is 1.75. The van der Waals surface area contributed by atoms with Gasteiger partial charge < -0.3 is 4.98 Å². The number of nitrogens with zero attached hydrogens (tertiary/aromatic N) is 1. The Morgan fingerprint density at radius 2 is 2.07 bits per heavy atom. The number of pyridine rings is 1. The highest BCUT2D eigenvalue weighted by molar-refractivity contribution is 14.1. The van der Waals surface area contributed by atoms with Gasteiger partial charge in [-0.3, -0.25) is 4.79 Å². The molecule has 0 fully saturated rings. The smallest absolute Gasteiger partial charge is 0.277 e. The highest BCUT2D eigenvalue weighted by atomic mass is 127. The molecule has 1 heterocycles. The first-order valence-electron chi connectivity index (χ1n) is 3.86. The van der Waals surface area contributed by atoms with Crippen molar-refractivity contribution in [3.63, 3.8) is 0 Å². The summed E-state index contributed by atoms with van der Waals surface area (Å²) in [6, 6.07) is 7.05. The maximum atomic E-state index is 11.2. The third-order valence-corrected chi connectivity index (χ3v) is 2.56. The Morgan fingerprint density at radius 3 is 2.79 bits per heavy atom. The molecule has 14 heavy (non-hydrogen) atoms. The van der Waals surface area contributed by atoms with Crippen molar-refractivity contribution >= 4 is 39.2 Å². The summed E-state index contributed by atoms with van der Waals surface area (Å²) >= 11 is 2.16. The van der Waals surface area contributed by atoms with Crippen LogP contribution in [0.25, 0.3) is 10.9 Å². The van der Waals surface area contributed by atoms with E-state index in [9.17, 15) is 9.70 Å². The van der Waals surface area contributed by atoms with Gasteiger partial charge in [0.05, 0.1) is 0 Å². The molecule has 1 aromatic heterocycles. The second-order valence-corrected chi connectivity index (χ2v) is 4.05. The van der Waals surface area contributed by atoms with E-state index < -0.39 is 5.56 Å². The van der Waals surface area contributed by atoms with Crippen molar-refractivity contribution in [2.75, 3.05) is 0 Å². The first-order valence-corrected chi connectivity index (χ1v) is 4.94. The standard InChI is InChI=1S/C9H5IN2O2/c10-6-1-2-7-5(3-6)4-8(12-14)9(13)11-7/h1-4H,(H,11,13). The Kier molecular flexibility index (Phi) is 2.32. The number of hydrogen-bond donors (Lipinski definition) is 1. The fraction of sp³-hybridized carbons (Fsp3) is 0. The lowest BCUT2D eigenvalue weighted by atomic mass is 10.2. The molecule has 0 atom stereocenters. The zero-order chi connectivity index (χ0) is 10.1. The SMILES string of the molecule is O=Nc1cc2cc(I)ccc2[nH]c1=O. The molecule has 0 bridgehead atoms. The number of benzene rings is 1. The third kappa shape index (κ3) is 1.54. The van der Waals surface area contributed by atoms with Crippen LogP contribution in [-0.4, -0.2) is 4.98 Å². The summed E-state index contributed by atoms with van der Waals surface area (Å²) < 4.78 is 1.04. The van der Waals surface area contributed by atoms with Gasteiger partial charge in [-0.1, -0.05) is 0 Å². The van der Waals surface area contributed by atoms with Gasteiger partial charge in [0.15, 0.2) is 5.69 Å². The Morgan fingerprint density at radius 1 is 1.29 bits per heavy atom. The van der Waals surface area contributed by atoms with Crippen LogP contribution in [0.4, 0.5) is 5.69 Å². The number of aromatic amines is 1. The van der Waals surface area contributed by atoms with E-state index in [0.29, 0.717) is 5.52 Å². The van der Waals surface area contributed by atoms with E-state index in [1.165, 1.54) is 6.07 Å². The molecule has 0 saturated heterocycles. The molecule has 0 aliphatic rings. The Balaban J connectivity index is 2.86. The van der Waals surface area contributed by atoms with Crippen molar-refractivity contribution in [2.24, 2.45) is 5.18 Å². The third-order valence-electron chi connectivity index (χ3n) is 1.89. The molecule has 70 valence electrons. The second kappa shape index (κ2) is 3.49. The van der Waals surface area contributed by atoms with Crippen molar-refractivity contribution in [2.45, 2.75) is 0 Å². The van der Waals surface area contributed by atoms with Gasteiger partial charge in [0, 0.05) is 14.5 Å². The molecule has 2 rings (SSSR count). The van der Waals surface area contributed by atoms with Crippen molar-refractivity contribution in [1.82, 2.24) is 4.98 Å². The number of H-pyrrole nitrogens is 1. The largest absolute Gasteiger partial charge is 0.320 e. The Labute approximate surface area is 92.5 Å². The number of halogens is 1. The van der Waals surface area contributed by atoms with E-state index >= 15 is 0 Å².